The molecular formula is C20H22F3NO2. The molecule has 0 radical (unpaired) electrons. The number of benzene rings is 2. The zero-order chi connectivity index (χ0) is 19.0. The molecule has 0 spiro atoms. The molecular weight excluding hydrogens is 343 g/mol. The van der Waals surface area contributed by atoms with E-state index in [0.717, 1.165) is 13.1 Å². The van der Waals surface area contributed by atoms with Crippen molar-refractivity contribution < 1.29 is 22.7 Å². The van der Waals surface area contributed by atoms with Gasteiger partial charge in [-0.2, -0.15) is 13.2 Å². The second-order valence-corrected chi connectivity index (χ2v) is 6.14. The van der Waals surface area contributed by atoms with Gasteiger partial charge in [0.05, 0.1) is 0 Å². The van der Waals surface area contributed by atoms with Crippen LogP contribution in [0, 0.1) is 0 Å². The van der Waals surface area contributed by atoms with Gasteiger partial charge >= 0.3 is 6.18 Å². The summed E-state index contributed by atoms with van der Waals surface area (Å²) in [6, 6.07) is 16.9. The number of hydrogen-bond donors (Lipinski definition) is 0. The molecule has 0 saturated heterocycles. The highest BCUT2D eigenvalue weighted by Crippen LogP contribution is 2.20. The van der Waals surface area contributed by atoms with E-state index in [0.29, 0.717) is 17.9 Å². The second kappa shape index (κ2) is 9.38. The fourth-order valence-corrected chi connectivity index (χ4v) is 2.45. The molecule has 140 valence electrons. The van der Waals surface area contributed by atoms with Crippen molar-refractivity contribution in [3.8, 4) is 5.75 Å². The fraction of sp³-hybridized carbons (Fsp3) is 0.350. The third kappa shape index (κ3) is 6.88. The van der Waals surface area contributed by atoms with Crippen LogP contribution < -0.4 is 4.74 Å². The number of ether oxygens (including phenoxy) is 1. The van der Waals surface area contributed by atoms with Gasteiger partial charge in [-0.25, -0.2) is 0 Å². The van der Waals surface area contributed by atoms with E-state index >= 15 is 0 Å². The quantitative estimate of drug-likeness (QED) is 0.665. The molecule has 2 rings (SSSR count). The number of hydrogen-bond acceptors (Lipinski definition) is 3. The standard InChI is InChI=1S/C20H22F3NO2/c1-24(15-17-5-3-2-4-6-17)13-14-26-18-10-7-16(8-11-18)9-12-19(25)20(21,22)23/h2-8,10-11H,9,12-15H2,1H3. The molecule has 0 heterocycles. The third-order valence-corrected chi connectivity index (χ3v) is 3.92. The molecule has 0 bridgehead atoms. The van der Waals surface area contributed by atoms with Crippen molar-refractivity contribution in [1.82, 2.24) is 4.90 Å². The van der Waals surface area contributed by atoms with E-state index in [1.807, 2.05) is 25.2 Å². The van der Waals surface area contributed by atoms with Crippen LogP contribution in [-0.4, -0.2) is 37.1 Å². The predicted molar refractivity (Wildman–Crippen MR) is 94.1 cm³/mol. The molecule has 26 heavy (non-hydrogen) atoms. The normalized spacial score (nSPS) is 11.6. The lowest BCUT2D eigenvalue weighted by atomic mass is 10.1. The smallest absolute Gasteiger partial charge is 0.449 e. The molecule has 6 heteroatoms. The topological polar surface area (TPSA) is 29.5 Å². The summed E-state index contributed by atoms with van der Waals surface area (Å²) in [5.74, 6) is -1.04. The van der Waals surface area contributed by atoms with Gasteiger partial charge in [0.25, 0.3) is 0 Å². The zero-order valence-electron chi connectivity index (χ0n) is 14.6. The fourth-order valence-electron chi connectivity index (χ4n) is 2.45. The molecule has 0 aliphatic heterocycles. The highest BCUT2D eigenvalue weighted by atomic mass is 19.4. The van der Waals surface area contributed by atoms with E-state index in [9.17, 15) is 18.0 Å². The Labute approximate surface area is 151 Å². The first-order chi connectivity index (χ1) is 12.3. The molecule has 0 amide bonds. The molecule has 0 unspecified atom stereocenters. The molecule has 0 aromatic heterocycles. The van der Waals surface area contributed by atoms with Gasteiger partial charge in [-0.05, 0) is 36.7 Å². The van der Waals surface area contributed by atoms with Crippen LogP contribution >= 0.6 is 0 Å². The largest absolute Gasteiger partial charge is 0.492 e. The lowest BCUT2D eigenvalue weighted by Gasteiger charge is -2.17. The number of carbonyl (C=O) groups is 1. The summed E-state index contributed by atoms with van der Waals surface area (Å²) in [5.41, 5.74) is 1.91. The SMILES string of the molecule is CN(CCOc1ccc(CCC(=O)C(F)(F)F)cc1)Cc1ccccc1. The number of aryl methyl sites for hydroxylation is 1. The highest BCUT2D eigenvalue weighted by molar-refractivity contribution is 5.84. The van der Waals surface area contributed by atoms with Crippen LogP contribution in [0.5, 0.6) is 5.75 Å². The minimum Gasteiger partial charge on any atom is -0.492 e. The Morgan fingerprint density at radius 1 is 1.00 bits per heavy atom. The summed E-state index contributed by atoms with van der Waals surface area (Å²) in [5, 5.41) is 0. The van der Waals surface area contributed by atoms with Crippen molar-refractivity contribution in [2.45, 2.75) is 25.6 Å². The predicted octanol–water partition coefficient (Wildman–Crippen LogP) is 4.26. The van der Waals surface area contributed by atoms with Gasteiger partial charge in [0.15, 0.2) is 0 Å². The summed E-state index contributed by atoms with van der Waals surface area (Å²) in [7, 11) is 2.01. The Bertz CT molecular complexity index is 684. The van der Waals surface area contributed by atoms with Crippen molar-refractivity contribution in [3.05, 3.63) is 65.7 Å². The Hall–Kier alpha value is -2.34. The van der Waals surface area contributed by atoms with Crippen LogP contribution in [0.4, 0.5) is 13.2 Å². The molecule has 2 aromatic rings. The van der Waals surface area contributed by atoms with Gasteiger partial charge in [-0.15, -0.1) is 0 Å². The van der Waals surface area contributed by atoms with Gasteiger partial charge in [-0.1, -0.05) is 42.5 Å². The van der Waals surface area contributed by atoms with Crippen LogP contribution in [0.2, 0.25) is 0 Å². The number of halogens is 3. The second-order valence-electron chi connectivity index (χ2n) is 6.14. The number of carbonyl (C=O) groups excluding carboxylic acids is 1. The molecule has 0 atom stereocenters. The van der Waals surface area contributed by atoms with Crippen molar-refractivity contribution in [3.63, 3.8) is 0 Å². The first kappa shape index (κ1) is 20.0. The maximum Gasteiger partial charge on any atom is 0.449 e. The molecule has 0 aliphatic carbocycles. The first-order valence-electron chi connectivity index (χ1n) is 8.39. The van der Waals surface area contributed by atoms with E-state index in [-0.39, 0.29) is 6.42 Å². The van der Waals surface area contributed by atoms with Crippen molar-refractivity contribution >= 4 is 5.78 Å². The van der Waals surface area contributed by atoms with Crippen molar-refractivity contribution in [2.24, 2.45) is 0 Å². The Morgan fingerprint density at radius 2 is 1.65 bits per heavy atom. The van der Waals surface area contributed by atoms with Crippen molar-refractivity contribution in [1.29, 1.82) is 0 Å². The summed E-state index contributed by atoms with van der Waals surface area (Å²) >= 11 is 0. The van der Waals surface area contributed by atoms with Gasteiger partial charge in [0.2, 0.25) is 5.78 Å². The molecule has 0 fully saturated rings. The van der Waals surface area contributed by atoms with Crippen molar-refractivity contribution in [2.75, 3.05) is 20.2 Å². The third-order valence-electron chi connectivity index (χ3n) is 3.92. The van der Waals surface area contributed by atoms with Crippen LogP contribution in [0.3, 0.4) is 0 Å². The van der Waals surface area contributed by atoms with Crippen LogP contribution in [0.1, 0.15) is 17.5 Å². The minimum absolute atomic E-state index is 0.0679. The van der Waals surface area contributed by atoms with Gasteiger partial charge in [0, 0.05) is 19.5 Å². The van der Waals surface area contributed by atoms with E-state index in [1.54, 1.807) is 24.3 Å². The number of rotatable bonds is 9. The summed E-state index contributed by atoms with van der Waals surface area (Å²) in [6.07, 6.45) is -5.22. The highest BCUT2D eigenvalue weighted by Gasteiger charge is 2.37. The van der Waals surface area contributed by atoms with Crippen LogP contribution in [0.25, 0.3) is 0 Å². The number of nitrogens with zero attached hydrogens (tertiary/aromatic N) is 1. The lowest BCUT2D eigenvalue weighted by Crippen LogP contribution is -2.23. The summed E-state index contributed by atoms with van der Waals surface area (Å²) < 4.78 is 42.2. The number of alkyl halides is 3. The molecule has 2 aromatic carbocycles. The average Bonchev–Trinajstić information content (AvgIpc) is 2.61. The zero-order valence-corrected chi connectivity index (χ0v) is 14.6. The molecule has 3 nitrogen and oxygen atoms in total. The van der Waals surface area contributed by atoms with Gasteiger partial charge < -0.3 is 4.74 Å². The molecule has 0 aliphatic rings. The Morgan fingerprint density at radius 3 is 2.27 bits per heavy atom. The first-order valence-corrected chi connectivity index (χ1v) is 8.39. The Kier molecular flexibility index (Phi) is 7.21. The summed E-state index contributed by atoms with van der Waals surface area (Å²) in [6.45, 7) is 2.09. The lowest BCUT2D eigenvalue weighted by molar-refractivity contribution is -0.171. The molecule has 0 N–H and O–H groups in total. The maximum absolute atomic E-state index is 12.2. The number of ketones is 1. The van der Waals surface area contributed by atoms with E-state index in [4.69, 9.17) is 4.74 Å². The number of likely N-dealkylation sites (N-methyl/N-ethyl adjacent to an activating group) is 1. The van der Waals surface area contributed by atoms with E-state index in [2.05, 4.69) is 17.0 Å². The maximum atomic E-state index is 12.2. The monoisotopic (exact) mass is 365 g/mol. The number of Topliss-reactive ketones (excluding diaryl/α,β-unsaturated/α-hetero) is 1. The Balaban J connectivity index is 1.71. The van der Waals surface area contributed by atoms with Gasteiger partial charge in [0.1, 0.15) is 12.4 Å². The van der Waals surface area contributed by atoms with E-state index in [1.165, 1.54) is 5.56 Å². The van der Waals surface area contributed by atoms with Crippen LogP contribution in [0.15, 0.2) is 54.6 Å². The van der Waals surface area contributed by atoms with E-state index < -0.39 is 18.4 Å². The molecule has 0 saturated carbocycles. The minimum atomic E-state index is -4.76. The summed E-state index contributed by atoms with van der Waals surface area (Å²) in [4.78, 5) is 13.0. The van der Waals surface area contributed by atoms with Gasteiger partial charge in [-0.3, -0.25) is 9.69 Å². The van der Waals surface area contributed by atoms with Crippen LogP contribution in [-0.2, 0) is 17.8 Å². The average molecular weight is 365 g/mol.